The first kappa shape index (κ1) is 19.0. The fourth-order valence-corrected chi connectivity index (χ4v) is 3.24. The summed E-state index contributed by atoms with van der Waals surface area (Å²) in [7, 11) is 1.56. The molecule has 2 N–H and O–H groups in total. The van der Waals surface area contributed by atoms with Gasteiger partial charge in [-0.15, -0.1) is 0 Å². The third-order valence-electron chi connectivity index (χ3n) is 3.58. The summed E-state index contributed by atoms with van der Waals surface area (Å²) >= 11 is 1.21. The molecule has 0 aliphatic rings. The number of nitrogens with zero attached hydrogens (tertiary/aromatic N) is 2. The summed E-state index contributed by atoms with van der Waals surface area (Å²) in [5.74, 6) is 0.360. The van der Waals surface area contributed by atoms with Gasteiger partial charge in [0, 0.05) is 29.6 Å². The van der Waals surface area contributed by atoms with Gasteiger partial charge in [0.15, 0.2) is 5.16 Å². The summed E-state index contributed by atoms with van der Waals surface area (Å²) in [4.78, 5) is 35.0. The van der Waals surface area contributed by atoms with Crippen molar-refractivity contribution in [1.29, 1.82) is 0 Å². The number of H-pyrrole nitrogens is 1. The van der Waals surface area contributed by atoms with Crippen LogP contribution in [0.1, 0.15) is 29.4 Å². The minimum atomic E-state index is -0.408. The van der Waals surface area contributed by atoms with E-state index in [1.54, 1.807) is 21.0 Å². The molecule has 2 heterocycles. The monoisotopic (exact) mass is 362 g/mol. The van der Waals surface area contributed by atoms with E-state index in [0.29, 0.717) is 23.3 Å². The number of amides is 1. The Hall–Kier alpha value is -2.35. The molecule has 0 saturated carbocycles. The second-order valence-electron chi connectivity index (χ2n) is 5.74. The summed E-state index contributed by atoms with van der Waals surface area (Å²) in [6.45, 7) is 7.68. The zero-order valence-corrected chi connectivity index (χ0v) is 15.8. The lowest BCUT2D eigenvalue weighted by Crippen LogP contribution is -2.31. The van der Waals surface area contributed by atoms with Crippen LogP contribution < -0.4 is 15.6 Å². The Morgan fingerprint density at radius 1 is 1.28 bits per heavy atom. The first-order valence-corrected chi connectivity index (χ1v) is 8.71. The highest BCUT2D eigenvalue weighted by Gasteiger charge is 2.17. The Balaban J connectivity index is 2.04. The first-order chi connectivity index (χ1) is 11.8. The number of rotatable bonds is 6. The zero-order chi connectivity index (χ0) is 18.6. The second-order valence-corrected chi connectivity index (χ2v) is 7.07. The number of pyridine rings is 1. The highest BCUT2D eigenvalue weighted by Crippen LogP contribution is 2.22. The Morgan fingerprint density at radius 3 is 2.60 bits per heavy atom. The van der Waals surface area contributed by atoms with E-state index in [0.717, 1.165) is 16.8 Å². The molecule has 2 rings (SSSR count). The van der Waals surface area contributed by atoms with Crippen LogP contribution in [-0.4, -0.2) is 33.2 Å². The number of hydrogen-bond donors (Lipinski definition) is 2. The van der Waals surface area contributed by atoms with E-state index in [1.807, 2.05) is 19.9 Å². The fraction of sp³-hybridized carbons (Fsp3) is 0.412. The number of nitrogens with one attached hydrogen (secondary N) is 2. The van der Waals surface area contributed by atoms with E-state index in [4.69, 9.17) is 4.74 Å². The number of carbonyl (C=O) groups excluding carboxylic acids is 1. The van der Waals surface area contributed by atoms with Gasteiger partial charge in [0.05, 0.1) is 12.4 Å². The van der Waals surface area contributed by atoms with Crippen molar-refractivity contribution in [2.45, 2.75) is 44.6 Å². The lowest BCUT2D eigenvalue weighted by molar-refractivity contribution is -0.120. The average Bonchev–Trinajstić information content (AvgIpc) is 2.51. The lowest BCUT2D eigenvalue weighted by atomic mass is 10.1. The number of thioether (sulfide) groups is 1. The van der Waals surface area contributed by atoms with Crippen LogP contribution in [0, 0.1) is 20.8 Å². The summed E-state index contributed by atoms with van der Waals surface area (Å²) in [5, 5.41) is 2.91. The molecule has 0 aliphatic heterocycles. The van der Waals surface area contributed by atoms with Crippen molar-refractivity contribution < 1.29 is 9.53 Å². The molecule has 1 atom stereocenters. The number of aromatic nitrogens is 3. The van der Waals surface area contributed by atoms with Gasteiger partial charge in [0.2, 0.25) is 11.8 Å². The second kappa shape index (κ2) is 8.15. The Kier molecular flexibility index (Phi) is 6.19. The van der Waals surface area contributed by atoms with Gasteiger partial charge in [-0.2, -0.15) is 0 Å². The largest absolute Gasteiger partial charge is 0.481 e. The van der Waals surface area contributed by atoms with Crippen LogP contribution in [0.5, 0.6) is 5.88 Å². The number of aryl methyl sites for hydroxylation is 3. The minimum absolute atomic E-state index is 0.156. The predicted molar refractivity (Wildman–Crippen MR) is 97.0 cm³/mol. The maximum Gasteiger partial charge on any atom is 0.251 e. The summed E-state index contributed by atoms with van der Waals surface area (Å²) in [6, 6.07) is 3.36. The van der Waals surface area contributed by atoms with Crippen molar-refractivity contribution in [2.24, 2.45) is 0 Å². The zero-order valence-electron chi connectivity index (χ0n) is 15.0. The number of hydrogen-bond acceptors (Lipinski definition) is 6. The predicted octanol–water partition coefficient (Wildman–Crippen LogP) is 1.90. The van der Waals surface area contributed by atoms with Crippen LogP contribution in [0.15, 0.2) is 22.1 Å². The van der Waals surface area contributed by atoms with E-state index in [1.165, 1.54) is 17.8 Å². The maximum atomic E-state index is 12.4. The van der Waals surface area contributed by atoms with Crippen LogP contribution in [0.4, 0.5) is 0 Å². The van der Waals surface area contributed by atoms with Gasteiger partial charge in [-0.3, -0.25) is 9.59 Å². The molecule has 0 aliphatic carbocycles. The molecular formula is C17H22N4O3S. The van der Waals surface area contributed by atoms with Gasteiger partial charge < -0.3 is 15.0 Å². The summed E-state index contributed by atoms with van der Waals surface area (Å²) in [6.07, 6.45) is 0. The molecule has 0 spiro atoms. The molecular weight excluding hydrogens is 340 g/mol. The Labute approximate surface area is 150 Å². The summed E-state index contributed by atoms with van der Waals surface area (Å²) in [5.41, 5.74) is 3.11. The molecule has 134 valence electrons. The van der Waals surface area contributed by atoms with Crippen molar-refractivity contribution in [3.05, 3.63) is 45.0 Å². The molecule has 0 radical (unpaired) electrons. The molecule has 0 unspecified atom stereocenters. The Morgan fingerprint density at radius 2 is 1.96 bits per heavy atom. The highest BCUT2D eigenvalue weighted by molar-refractivity contribution is 8.00. The third kappa shape index (κ3) is 5.06. The molecule has 7 nitrogen and oxygen atoms in total. The maximum absolute atomic E-state index is 12.4. The molecule has 2 aromatic heterocycles. The number of aromatic amines is 1. The van der Waals surface area contributed by atoms with E-state index < -0.39 is 5.25 Å². The van der Waals surface area contributed by atoms with E-state index >= 15 is 0 Å². The standard InChI is InChI=1S/C17H22N4O3S/c1-9-6-10(2)19-16(24-5)13(9)8-18-15(23)12(4)25-17-20-11(3)7-14(22)21-17/h6-7,12H,8H2,1-5H3,(H,18,23)(H,20,21,22)/t12-/m0/s1. The van der Waals surface area contributed by atoms with Crippen LogP contribution >= 0.6 is 11.8 Å². The van der Waals surface area contributed by atoms with Gasteiger partial charge >= 0.3 is 0 Å². The van der Waals surface area contributed by atoms with E-state index in [-0.39, 0.29) is 11.5 Å². The van der Waals surface area contributed by atoms with Crippen LogP contribution in [-0.2, 0) is 11.3 Å². The van der Waals surface area contributed by atoms with Gasteiger partial charge in [-0.25, -0.2) is 9.97 Å². The van der Waals surface area contributed by atoms with Crippen molar-refractivity contribution in [1.82, 2.24) is 20.3 Å². The first-order valence-electron chi connectivity index (χ1n) is 7.83. The SMILES string of the molecule is COc1nc(C)cc(C)c1CNC(=O)[C@H](C)Sc1nc(C)cc(=O)[nH]1. The molecule has 0 saturated heterocycles. The molecule has 25 heavy (non-hydrogen) atoms. The number of ether oxygens (including phenoxy) is 1. The van der Waals surface area contributed by atoms with Crippen LogP contribution in [0.2, 0.25) is 0 Å². The molecule has 0 fully saturated rings. The van der Waals surface area contributed by atoms with Crippen molar-refractivity contribution >= 4 is 17.7 Å². The molecule has 1 amide bonds. The summed E-state index contributed by atoms with van der Waals surface area (Å²) < 4.78 is 5.30. The fourth-order valence-electron chi connectivity index (χ4n) is 2.36. The molecule has 8 heteroatoms. The lowest BCUT2D eigenvalue weighted by Gasteiger charge is -2.15. The smallest absolute Gasteiger partial charge is 0.251 e. The van der Waals surface area contributed by atoms with Gasteiger partial charge in [-0.05, 0) is 39.3 Å². The highest BCUT2D eigenvalue weighted by atomic mass is 32.2. The number of carbonyl (C=O) groups is 1. The van der Waals surface area contributed by atoms with E-state index in [2.05, 4.69) is 20.3 Å². The van der Waals surface area contributed by atoms with E-state index in [9.17, 15) is 9.59 Å². The normalized spacial score (nSPS) is 11.9. The molecule has 0 bridgehead atoms. The van der Waals surface area contributed by atoms with Crippen molar-refractivity contribution in [2.75, 3.05) is 7.11 Å². The number of methoxy groups -OCH3 is 1. The van der Waals surface area contributed by atoms with Crippen LogP contribution in [0.3, 0.4) is 0 Å². The van der Waals surface area contributed by atoms with Crippen molar-refractivity contribution in [3.63, 3.8) is 0 Å². The van der Waals surface area contributed by atoms with Crippen molar-refractivity contribution in [3.8, 4) is 5.88 Å². The Bertz CT molecular complexity index is 835. The topological polar surface area (TPSA) is 97.0 Å². The average molecular weight is 362 g/mol. The third-order valence-corrected chi connectivity index (χ3v) is 4.56. The van der Waals surface area contributed by atoms with Crippen LogP contribution in [0.25, 0.3) is 0 Å². The minimum Gasteiger partial charge on any atom is -0.481 e. The molecule has 0 aromatic carbocycles. The molecule has 2 aromatic rings. The van der Waals surface area contributed by atoms with Gasteiger partial charge in [-0.1, -0.05) is 11.8 Å². The van der Waals surface area contributed by atoms with Gasteiger partial charge in [0.25, 0.3) is 5.56 Å². The van der Waals surface area contributed by atoms with Gasteiger partial charge in [0.1, 0.15) is 0 Å². The quantitative estimate of drug-likeness (QED) is 0.602.